The highest BCUT2D eigenvalue weighted by Gasteiger charge is 2.27. The summed E-state index contributed by atoms with van der Waals surface area (Å²) >= 11 is 0. The van der Waals surface area contributed by atoms with Crippen molar-refractivity contribution in [1.29, 1.82) is 0 Å². The Labute approximate surface area is 131 Å². The first-order chi connectivity index (χ1) is 10.0. The van der Waals surface area contributed by atoms with Gasteiger partial charge in [-0.3, -0.25) is 0 Å². The molecule has 126 valence electrons. The van der Waals surface area contributed by atoms with Gasteiger partial charge in [-0.05, 0) is 46.5 Å². The Balaban J connectivity index is 0.000000211. The molecule has 2 fully saturated rings. The van der Waals surface area contributed by atoms with Gasteiger partial charge in [0, 0.05) is 6.61 Å². The fourth-order valence-corrected chi connectivity index (χ4v) is 3.53. The Morgan fingerprint density at radius 3 is 1.57 bits per heavy atom. The van der Waals surface area contributed by atoms with Crippen molar-refractivity contribution < 1.29 is 14.6 Å². The zero-order valence-electron chi connectivity index (χ0n) is 14.5. The van der Waals surface area contributed by atoms with E-state index in [4.69, 9.17) is 14.6 Å². The molecule has 0 heterocycles. The molecule has 21 heavy (non-hydrogen) atoms. The maximum Gasteiger partial charge on any atom is 0.0705 e. The van der Waals surface area contributed by atoms with Gasteiger partial charge < -0.3 is 14.6 Å². The molecule has 0 aromatic heterocycles. The summed E-state index contributed by atoms with van der Waals surface area (Å²) < 4.78 is 11.2. The van der Waals surface area contributed by atoms with Gasteiger partial charge in [0.05, 0.1) is 24.4 Å². The summed E-state index contributed by atoms with van der Waals surface area (Å²) in [6, 6.07) is 0. The number of rotatable bonds is 5. The Bertz CT molecular complexity index is 248. The molecule has 0 aliphatic heterocycles. The number of hydrogen-bond donors (Lipinski definition) is 1. The molecule has 3 heteroatoms. The van der Waals surface area contributed by atoms with Gasteiger partial charge in [0.15, 0.2) is 0 Å². The number of aliphatic hydroxyl groups excluding tert-OH is 1. The molecule has 0 amide bonds. The summed E-state index contributed by atoms with van der Waals surface area (Å²) in [6.07, 6.45) is 12.9. The van der Waals surface area contributed by atoms with Crippen LogP contribution in [0, 0.1) is 0 Å². The highest BCUT2D eigenvalue weighted by molar-refractivity contribution is 4.79. The summed E-state index contributed by atoms with van der Waals surface area (Å²) in [6.45, 7) is 8.00. The van der Waals surface area contributed by atoms with E-state index in [0.717, 1.165) is 19.4 Å². The van der Waals surface area contributed by atoms with Crippen molar-refractivity contribution in [3.8, 4) is 0 Å². The molecular formula is C18H36O3. The zero-order chi connectivity index (χ0) is 15.6. The van der Waals surface area contributed by atoms with Gasteiger partial charge in [0.1, 0.15) is 0 Å². The van der Waals surface area contributed by atoms with Gasteiger partial charge in [-0.25, -0.2) is 0 Å². The van der Waals surface area contributed by atoms with Crippen LogP contribution in [0.15, 0.2) is 0 Å². The first-order valence-corrected chi connectivity index (χ1v) is 8.92. The molecule has 2 aliphatic carbocycles. The van der Waals surface area contributed by atoms with Gasteiger partial charge in [-0.15, -0.1) is 0 Å². The Morgan fingerprint density at radius 2 is 1.19 bits per heavy atom. The fourth-order valence-electron chi connectivity index (χ4n) is 3.53. The molecule has 2 aliphatic rings. The maximum absolute atomic E-state index is 8.59. The summed E-state index contributed by atoms with van der Waals surface area (Å²) in [4.78, 5) is 0. The molecule has 3 nitrogen and oxygen atoms in total. The van der Waals surface area contributed by atoms with Crippen molar-refractivity contribution in [3.63, 3.8) is 0 Å². The van der Waals surface area contributed by atoms with Crippen molar-refractivity contribution in [2.45, 2.75) is 96.2 Å². The van der Waals surface area contributed by atoms with Gasteiger partial charge in [-0.2, -0.15) is 0 Å². The third-order valence-corrected chi connectivity index (χ3v) is 4.86. The molecule has 0 saturated heterocycles. The topological polar surface area (TPSA) is 38.7 Å². The van der Waals surface area contributed by atoms with Gasteiger partial charge in [-0.1, -0.05) is 38.5 Å². The standard InChI is InChI=1S/C9H18O2.C9H18O/c1-9(11-8-7-10)5-3-2-4-6-9;1-3-10-9(2)7-5-4-6-8-9/h10H,2-8H2,1H3;3-8H2,1-2H3. The second-order valence-electron chi connectivity index (χ2n) is 7.03. The molecule has 0 bridgehead atoms. The lowest BCUT2D eigenvalue weighted by Gasteiger charge is -2.33. The van der Waals surface area contributed by atoms with Crippen LogP contribution in [0.3, 0.4) is 0 Å². The Kier molecular flexibility index (Phi) is 8.84. The van der Waals surface area contributed by atoms with E-state index in [9.17, 15) is 0 Å². The normalized spacial score (nSPS) is 24.0. The van der Waals surface area contributed by atoms with E-state index in [1.165, 1.54) is 51.4 Å². The lowest BCUT2D eigenvalue weighted by Crippen LogP contribution is -2.32. The average Bonchev–Trinajstić information content (AvgIpc) is 2.47. The van der Waals surface area contributed by atoms with E-state index in [2.05, 4.69) is 20.8 Å². The predicted molar refractivity (Wildman–Crippen MR) is 87.6 cm³/mol. The SMILES string of the molecule is CC1(OCCO)CCCCC1.CCOC1(C)CCCCC1. The number of aliphatic hydroxyl groups is 1. The van der Waals surface area contributed by atoms with E-state index in [1.807, 2.05) is 0 Å². The van der Waals surface area contributed by atoms with Gasteiger partial charge in [0.25, 0.3) is 0 Å². The molecule has 2 rings (SSSR count). The summed E-state index contributed by atoms with van der Waals surface area (Å²) in [7, 11) is 0. The second kappa shape index (κ2) is 9.81. The van der Waals surface area contributed by atoms with Crippen LogP contribution < -0.4 is 0 Å². The third kappa shape index (κ3) is 7.62. The molecule has 0 radical (unpaired) electrons. The summed E-state index contributed by atoms with van der Waals surface area (Å²) in [5.74, 6) is 0. The average molecular weight is 300 g/mol. The molecule has 1 N–H and O–H groups in total. The maximum atomic E-state index is 8.59. The minimum absolute atomic E-state index is 0.0704. The monoisotopic (exact) mass is 300 g/mol. The Hall–Kier alpha value is -0.120. The highest BCUT2D eigenvalue weighted by Crippen LogP contribution is 2.31. The smallest absolute Gasteiger partial charge is 0.0705 e. The largest absolute Gasteiger partial charge is 0.394 e. The molecule has 0 spiro atoms. The summed E-state index contributed by atoms with van der Waals surface area (Å²) in [5.41, 5.74) is 0.300. The minimum atomic E-state index is 0.0704. The van der Waals surface area contributed by atoms with Crippen LogP contribution in [-0.4, -0.2) is 36.1 Å². The predicted octanol–water partition coefficient (Wildman–Crippen LogP) is 4.46. The molecule has 0 aromatic carbocycles. The van der Waals surface area contributed by atoms with Gasteiger partial charge >= 0.3 is 0 Å². The van der Waals surface area contributed by atoms with Crippen molar-refractivity contribution in [2.75, 3.05) is 19.8 Å². The number of hydrogen-bond acceptors (Lipinski definition) is 3. The lowest BCUT2D eigenvalue weighted by atomic mass is 9.86. The Morgan fingerprint density at radius 1 is 0.762 bits per heavy atom. The van der Waals surface area contributed by atoms with Gasteiger partial charge in [0.2, 0.25) is 0 Å². The van der Waals surface area contributed by atoms with Crippen LogP contribution in [0.25, 0.3) is 0 Å². The van der Waals surface area contributed by atoms with E-state index in [0.29, 0.717) is 6.61 Å². The van der Waals surface area contributed by atoms with Crippen LogP contribution in [0.5, 0.6) is 0 Å². The summed E-state index contributed by atoms with van der Waals surface area (Å²) in [5, 5.41) is 8.59. The molecular weight excluding hydrogens is 264 g/mol. The molecule has 0 atom stereocenters. The van der Waals surface area contributed by atoms with Crippen LogP contribution >= 0.6 is 0 Å². The molecule has 0 aromatic rings. The van der Waals surface area contributed by atoms with Crippen molar-refractivity contribution in [2.24, 2.45) is 0 Å². The minimum Gasteiger partial charge on any atom is -0.394 e. The number of ether oxygens (including phenoxy) is 2. The van der Waals surface area contributed by atoms with Crippen molar-refractivity contribution in [3.05, 3.63) is 0 Å². The van der Waals surface area contributed by atoms with Crippen LogP contribution in [0.4, 0.5) is 0 Å². The highest BCUT2D eigenvalue weighted by atomic mass is 16.5. The molecule has 0 unspecified atom stereocenters. The first-order valence-electron chi connectivity index (χ1n) is 8.92. The lowest BCUT2D eigenvalue weighted by molar-refractivity contribution is -0.0673. The second-order valence-corrected chi connectivity index (χ2v) is 7.03. The van der Waals surface area contributed by atoms with Crippen molar-refractivity contribution >= 4 is 0 Å². The third-order valence-electron chi connectivity index (χ3n) is 4.86. The quantitative estimate of drug-likeness (QED) is 0.814. The van der Waals surface area contributed by atoms with E-state index in [-0.39, 0.29) is 17.8 Å². The van der Waals surface area contributed by atoms with E-state index in [1.54, 1.807) is 0 Å². The zero-order valence-corrected chi connectivity index (χ0v) is 14.5. The first kappa shape index (κ1) is 18.9. The van der Waals surface area contributed by atoms with E-state index >= 15 is 0 Å². The van der Waals surface area contributed by atoms with Crippen molar-refractivity contribution in [1.82, 2.24) is 0 Å². The van der Waals surface area contributed by atoms with Crippen LogP contribution in [0.1, 0.15) is 85.0 Å². The van der Waals surface area contributed by atoms with E-state index < -0.39 is 0 Å². The van der Waals surface area contributed by atoms with Crippen LogP contribution in [-0.2, 0) is 9.47 Å². The van der Waals surface area contributed by atoms with Crippen LogP contribution in [0.2, 0.25) is 0 Å². The fraction of sp³-hybridized carbons (Fsp3) is 1.00. The molecule has 2 saturated carbocycles.